The van der Waals surface area contributed by atoms with Crippen molar-refractivity contribution in [2.75, 3.05) is 6.61 Å². The van der Waals surface area contributed by atoms with E-state index >= 15 is 0 Å². The normalized spacial score (nSPS) is 13.4. The zero-order valence-corrected chi connectivity index (χ0v) is 8.46. The average molecular weight is 341 g/mol. The van der Waals surface area contributed by atoms with Gasteiger partial charge in [0.1, 0.15) is 0 Å². The van der Waals surface area contributed by atoms with Crippen molar-refractivity contribution >= 4 is 5.97 Å². The first-order chi connectivity index (χ1) is 3.66. The Labute approximate surface area is 66.3 Å². The molecule has 0 amide bonds. The van der Waals surface area contributed by atoms with E-state index in [0.717, 1.165) is 0 Å². The summed E-state index contributed by atoms with van der Waals surface area (Å²) < 4.78 is 0.0503. The number of carbonyl (C=O) groups is 1. The fraction of sp³-hybridized carbons (Fsp3) is 0.750. The Bertz CT molecular complexity index is 83.4. The van der Waals surface area contributed by atoms with Crippen LogP contribution in [0.3, 0.4) is 0 Å². The first kappa shape index (κ1) is 8.48. The minimum atomic E-state index is -0.813. The summed E-state index contributed by atoms with van der Waals surface area (Å²) >= 11 is 0.559. The molecule has 2 N–H and O–H groups in total. The van der Waals surface area contributed by atoms with Crippen molar-refractivity contribution in [2.24, 2.45) is 0 Å². The second-order valence-corrected chi connectivity index (χ2v) is 4.88. The number of aliphatic carboxylic acids is 1. The number of hydrogen-bond donors (Lipinski definition) is 2. The number of hydrogen-bond acceptors (Lipinski definition) is 2. The third-order valence-corrected chi connectivity index (χ3v) is 2.25. The monoisotopic (exact) mass is 341 g/mol. The molecule has 0 saturated heterocycles. The van der Waals surface area contributed by atoms with Crippen LogP contribution in [-0.4, -0.2) is 22.8 Å². The summed E-state index contributed by atoms with van der Waals surface area (Å²) in [5.41, 5.74) is 0. The van der Waals surface area contributed by atoms with Crippen LogP contribution in [0.15, 0.2) is 0 Å². The molecule has 0 fully saturated rings. The van der Waals surface area contributed by atoms with E-state index in [4.69, 9.17) is 10.2 Å². The third-order valence-electron chi connectivity index (χ3n) is 0.641. The second kappa shape index (κ2) is 4.37. The molecule has 0 aromatic heterocycles. The molecule has 3 nitrogen and oxygen atoms in total. The molecule has 0 aromatic carbocycles. The van der Waals surface area contributed by atoms with Crippen LogP contribution in [0, 0.1) is 29.4 Å². The van der Waals surface area contributed by atoms with Crippen LogP contribution in [0.5, 0.6) is 0 Å². The molecular weight excluding hydrogens is 334 g/mol. The summed E-state index contributed by atoms with van der Waals surface area (Å²) in [6.45, 7) is 0.0255. The van der Waals surface area contributed by atoms with Gasteiger partial charge in [0.15, 0.2) is 0 Å². The topological polar surface area (TPSA) is 57.5 Å². The summed E-state index contributed by atoms with van der Waals surface area (Å²) in [6, 6.07) is 0. The van der Waals surface area contributed by atoms with E-state index in [0.29, 0.717) is 29.4 Å². The van der Waals surface area contributed by atoms with E-state index in [1.165, 1.54) is 0 Å². The number of aliphatic hydroxyl groups is 1. The Hall–Kier alpha value is 0.482. The third kappa shape index (κ3) is 4.64. The van der Waals surface area contributed by atoms with Crippen LogP contribution in [0.25, 0.3) is 0 Å². The zero-order chi connectivity index (χ0) is 6.57. The molecule has 0 rings (SSSR count). The van der Waals surface area contributed by atoms with Crippen LogP contribution in [0.2, 0.25) is 2.95 Å². The van der Waals surface area contributed by atoms with E-state index in [9.17, 15) is 4.79 Å². The van der Waals surface area contributed by atoms with E-state index in [1.54, 1.807) is 0 Å². The maximum absolute atomic E-state index is 9.88. The first-order valence-corrected chi connectivity index (χ1v) is 4.61. The van der Waals surface area contributed by atoms with Crippen LogP contribution in [0.1, 0.15) is 6.42 Å². The van der Waals surface area contributed by atoms with Gasteiger partial charge in [0.2, 0.25) is 0 Å². The Morgan fingerprint density at radius 3 is 2.38 bits per heavy atom. The Kier molecular flexibility index (Phi) is 4.63. The van der Waals surface area contributed by atoms with Gasteiger partial charge < -0.3 is 0 Å². The Balaban J connectivity index is 3.24. The summed E-state index contributed by atoms with van der Waals surface area (Å²) in [5, 5.41) is 16.5. The van der Waals surface area contributed by atoms with Crippen molar-refractivity contribution in [3.05, 3.63) is 0 Å². The van der Waals surface area contributed by atoms with Gasteiger partial charge in [-0.1, -0.05) is 0 Å². The van der Waals surface area contributed by atoms with Gasteiger partial charge in [-0.2, -0.15) is 0 Å². The van der Waals surface area contributed by atoms with E-state index in [2.05, 4.69) is 0 Å². The second-order valence-electron chi connectivity index (χ2n) is 1.48. The minimum absolute atomic E-state index is 0.0255. The molecule has 0 bridgehead atoms. The molecule has 1 atom stereocenters. The van der Waals surface area contributed by atoms with Gasteiger partial charge in [0.25, 0.3) is 0 Å². The van der Waals surface area contributed by atoms with Gasteiger partial charge in [-0.15, -0.1) is 0 Å². The van der Waals surface area contributed by atoms with Crippen LogP contribution >= 0.6 is 0 Å². The van der Waals surface area contributed by atoms with Gasteiger partial charge in [-0.25, -0.2) is 0 Å². The standard InChI is InChI=1S/C4H7O3.U/c5-3-1-2-4(6)7;/h1,5H,2-3H2,(H,6,7);. The Morgan fingerprint density at radius 2 is 2.25 bits per heavy atom. The number of carboxylic acids is 1. The predicted octanol–water partition coefficient (Wildman–Crippen LogP) is -0.209. The summed E-state index contributed by atoms with van der Waals surface area (Å²) in [7, 11) is 0. The van der Waals surface area contributed by atoms with Gasteiger partial charge in [-0.05, 0) is 0 Å². The molecule has 0 saturated carbocycles. The predicted molar refractivity (Wildman–Crippen MR) is 23.1 cm³/mol. The zero-order valence-electron chi connectivity index (χ0n) is 4.29. The number of aliphatic hydroxyl groups excluding tert-OH is 1. The maximum atomic E-state index is 9.88. The fourth-order valence-electron chi connectivity index (χ4n) is 0.275. The van der Waals surface area contributed by atoms with Crippen molar-refractivity contribution in [3.63, 3.8) is 0 Å². The van der Waals surface area contributed by atoms with Gasteiger partial charge in [0.05, 0.1) is 0 Å². The molecule has 0 aliphatic carbocycles. The molecule has 0 aromatic rings. The summed E-state index contributed by atoms with van der Waals surface area (Å²) in [6.07, 6.45) is 0.127. The van der Waals surface area contributed by atoms with E-state index < -0.39 is 5.97 Å². The van der Waals surface area contributed by atoms with E-state index in [-0.39, 0.29) is 16.0 Å². The summed E-state index contributed by atoms with van der Waals surface area (Å²) in [4.78, 5) is 9.88. The van der Waals surface area contributed by atoms with Crippen molar-refractivity contribution in [2.45, 2.75) is 9.37 Å². The van der Waals surface area contributed by atoms with Gasteiger partial charge >= 0.3 is 66.4 Å². The van der Waals surface area contributed by atoms with Gasteiger partial charge in [-0.3, -0.25) is 0 Å². The molecule has 45 valence electrons. The van der Waals surface area contributed by atoms with Crippen LogP contribution in [-0.2, 0) is 4.79 Å². The van der Waals surface area contributed by atoms with Crippen LogP contribution in [0.4, 0.5) is 0 Å². The number of carboxylic acid groups (broad SMARTS) is 1. The number of rotatable bonds is 3. The van der Waals surface area contributed by atoms with Crippen LogP contribution < -0.4 is 0 Å². The molecule has 0 spiro atoms. The molecule has 8 heavy (non-hydrogen) atoms. The molecule has 0 heterocycles. The average Bonchev–Trinajstić information content (AvgIpc) is 1.65. The molecule has 4 heteroatoms. The summed E-state index contributed by atoms with van der Waals surface area (Å²) in [5.74, 6) is -0.813. The van der Waals surface area contributed by atoms with Crippen molar-refractivity contribution < 1.29 is 44.4 Å². The Morgan fingerprint density at radius 1 is 1.75 bits per heavy atom. The quantitative estimate of drug-likeness (QED) is 0.747. The first-order valence-electron chi connectivity index (χ1n) is 2.20. The molecule has 0 radical (unpaired) electrons. The van der Waals surface area contributed by atoms with E-state index in [1.807, 2.05) is 0 Å². The molecule has 0 aliphatic rings. The van der Waals surface area contributed by atoms with Crippen molar-refractivity contribution in [1.29, 1.82) is 0 Å². The van der Waals surface area contributed by atoms with Crippen molar-refractivity contribution in [3.8, 4) is 0 Å². The molecule has 1 unspecified atom stereocenters. The van der Waals surface area contributed by atoms with Crippen molar-refractivity contribution in [1.82, 2.24) is 0 Å². The van der Waals surface area contributed by atoms with Gasteiger partial charge in [0, 0.05) is 0 Å². The molecule has 0 aliphatic heterocycles. The molecular formula is C4H7O3U. The SMILES string of the molecule is O=C(O)C[CH]([U])CO. The fourth-order valence-corrected chi connectivity index (χ4v) is 1.00.